The molecule has 0 N–H and O–H groups in total. The van der Waals surface area contributed by atoms with E-state index in [4.69, 9.17) is 10.1 Å². The minimum atomic E-state index is 0.703. The molecule has 0 bridgehead atoms. The highest BCUT2D eigenvalue weighted by atomic mass is 79.9. The van der Waals surface area contributed by atoms with Gasteiger partial charge in [0.25, 0.3) is 0 Å². The molecule has 3 nitrogen and oxygen atoms in total. The molecule has 0 aliphatic carbocycles. The third-order valence-corrected chi connectivity index (χ3v) is 4.87. The molecule has 0 unspecified atom stereocenters. The van der Waals surface area contributed by atoms with Gasteiger partial charge in [-0.2, -0.15) is 0 Å². The fraction of sp³-hybridized carbons (Fsp3) is 0. The van der Waals surface area contributed by atoms with Crippen LogP contribution in [0.15, 0.2) is 87.8 Å². The average Bonchev–Trinajstić information content (AvgIpc) is 3.09. The van der Waals surface area contributed by atoms with E-state index in [-0.39, 0.29) is 0 Å². The molecule has 0 aliphatic rings. The molecule has 0 saturated carbocycles. The number of halogens is 2. The Hall–Kier alpha value is -2.24. The van der Waals surface area contributed by atoms with Gasteiger partial charge in [-0.1, -0.05) is 74.3 Å². The first-order valence-corrected chi connectivity index (χ1v) is 9.34. The third-order valence-electron chi connectivity index (χ3n) is 3.81. The Morgan fingerprint density at radius 1 is 0.640 bits per heavy atom. The van der Waals surface area contributed by atoms with Gasteiger partial charge in [0.05, 0.1) is 5.69 Å². The van der Waals surface area contributed by atoms with Gasteiger partial charge in [-0.05, 0) is 36.4 Å². The highest BCUT2D eigenvalue weighted by molar-refractivity contribution is 9.10. The van der Waals surface area contributed by atoms with E-state index < -0.39 is 0 Å². The van der Waals surface area contributed by atoms with Gasteiger partial charge in [0.1, 0.15) is 0 Å². The molecule has 0 amide bonds. The van der Waals surface area contributed by atoms with Gasteiger partial charge in [0, 0.05) is 20.1 Å². The van der Waals surface area contributed by atoms with Gasteiger partial charge in [-0.25, -0.2) is 9.67 Å². The highest BCUT2D eigenvalue weighted by Crippen LogP contribution is 2.27. The number of hydrogen-bond acceptors (Lipinski definition) is 2. The zero-order chi connectivity index (χ0) is 17.2. The van der Waals surface area contributed by atoms with Gasteiger partial charge in [-0.3, -0.25) is 0 Å². The van der Waals surface area contributed by atoms with E-state index in [9.17, 15) is 0 Å². The molecule has 1 heterocycles. The quantitative estimate of drug-likeness (QED) is 0.373. The molecule has 4 aromatic rings. The molecule has 25 heavy (non-hydrogen) atoms. The van der Waals surface area contributed by atoms with Crippen molar-refractivity contribution in [3.8, 4) is 28.5 Å². The van der Waals surface area contributed by atoms with Crippen LogP contribution in [0.1, 0.15) is 0 Å². The van der Waals surface area contributed by atoms with Crippen molar-refractivity contribution in [3.05, 3.63) is 87.8 Å². The van der Waals surface area contributed by atoms with Gasteiger partial charge in [0.2, 0.25) is 0 Å². The number of aromatic nitrogens is 3. The second-order valence-corrected chi connectivity index (χ2v) is 7.35. The summed E-state index contributed by atoms with van der Waals surface area (Å²) in [7, 11) is 0. The van der Waals surface area contributed by atoms with Crippen molar-refractivity contribution in [1.82, 2.24) is 14.8 Å². The molecule has 4 rings (SSSR count). The first-order valence-electron chi connectivity index (χ1n) is 7.75. The molecule has 0 saturated heterocycles. The van der Waals surface area contributed by atoms with Crippen LogP contribution in [0, 0.1) is 0 Å². The summed E-state index contributed by atoms with van der Waals surface area (Å²) in [4.78, 5) is 4.81. The second-order valence-electron chi connectivity index (χ2n) is 5.52. The smallest absolute Gasteiger partial charge is 0.182 e. The normalized spacial score (nSPS) is 10.8. The Balaban J connectivity index is 1.89. The molecular weight excluding hydrogens is 442 g/mol. The highest BCUT2D eigenvalue weighted by Gasteiger charge is 2.14. The number of para-hydroxylation sites is 1. The van der Waals surface area contributed by atoms with Crippen LogP contribution in [0.2, 0.25) is 0 Å². The van der Waals surface area contributed by atoms with Gasteiger partial charge in [0.15, 0.2) is 11.6 Å². The van der Waals surface area contributed by atoms with Crippen molar-refractivity contribution in [2.75, 3.05) is 0 Å². The summed E-state index contributed by atoms with van der Waals surface area (Å²) >= 11 is 6.95. The zero-order valence-electron chi connectivity index (χ0n) is 13.1. The molecule has 0 aliphatic heterocycles. The number of nitrogens with zero attached hydrogens (tertiary/aromatic N) is 3. The van der Waals surface area contributed by atoms with Crippen molar-refractivity contribution in [1.29, 1.82) is 0 Å². The molecule has 122 valence electrons. The van der Waals surface area contributed by atoms with E-state index in [0.29, 0.717) is 5.82 Å². The Kier molecular flexibility index (Phi) is 4.51. The Bertz CT molecular complexity index is 992. The first-order chi connectivity index (χ1) is 12.2. The molecule has 3 aromatic carbocycles. The average molecular weight is 455 g/mol. The summed E-state index contributed by atoms with van der Waals surface area (Å²) in [5.74, 6) is 1.52. The second kappa shape index (κ2) is 6.94. The fourth-order valence-electron chi connectivity index (χ4n) is 2.57. The summed E-state index contributed by atoms with van der Waals surface area (Å²) in [5, 5.41) is 4.76. The standard InChI is InChI=1S/C20H13Br2N3/c21-16-10-6-14(7-11-16)19-23-20(15-8-12-17(22)13-9-15)25(24-19)18-4-2-1-3-5-18/h1-13H. The van der Waals surface area contributed by atoms with Gasteiger partial charge < -0.3 is 0 Å². The van der Waals surface area contributed by atoms with Crippen molar-refractivity contribution >= 4 is 31.9 Å². The van der Waals surface area contributed by atoms with Crippen molar-refractivity contribution < 1.29 is 0 Å². The van der Waals surface area contributed by atoms with E-state index in [0.717, 1.165) is 31.6 Å². The maximum absolute atomic E-state index is 4.81. The van der Waals surface area contributed by atoms with E-state index in [2.05, 4.69) is 31.9 Å². The molecule has 1 aromatic heterocycles. The number of hydrogen-bond donors (Lipinski definition) is 0. The summed E-state index contributed by atoms with van der Waals surface area (Å²) in [6.45, 7) is 0. The van der Waals surface area contributed by atoms with Crippen molar-refractivity contribution in [3.63, 3.8) is 0 Å². The topological polar surface area (TPSA) is 30.7 Å². The fourth-order valence-corrected chi connectivity index (χ4v) is 3.10. The predicted octanol–water partition coefficient (Wildman–Crippen LogP) is 6.13. The maximum atomic E-state index is 4.81. The molecule has 5 heteroatoms. The van der Waals surface area contributed by atoms with Crippen LogP contribution in [-0.2, 0) is 0 Å². The summed E-state index contributed by atoms with van der Waals surface area (Å²) in [6.07, 6.45) is 0. The number of rotatable bonds is 3. The van der Waals surface area contributed by atoms with Crippen molar-refractivity contribution in [2.45, 2.75) is 0 Å². The predicted molar refractivity (Wildman–Crippen MR) is 108 cm³/mol. The Morgan fingerprint density at radius 2 is 1.20 bits per heavy atom. The van der Waals surface area contributed by atoms with Crippen LogP contribution in [0.4, 0.5) is 0 Å². The number of benzene rings is 3. The molecule has 0 radical (unpaired) electrons. The van der Waals surface area contributed by atoms with Gasteiger partial charge >= 0.3 is 0 Å². The summed E-state index contributed by atoms with van der Waals surface area (Å²) < 4.78 is 3.96. The first kappa shape index (κ1) is 16.2. The van der Waals surface area contributed by atoms with E-state index in [1.54, 1.807) is 0 Å². The lowest BCUT2D eigenvalue weighted by Crippen LogP contribution is -1.99. The maximum Gasteiger partial charge on any atom is 0.182 e. The van der Waals surface area contributed by atoms with Crippen molar-refractivity contribution in [2.24, 2.45) is 0 Å². The monoisotopic (exact) mass is 453 g/mol. The van der Waals surface area contributed by atoms with E-state index in [1.807, 2.05) is 83.5 Å². The summed E-state index contributed by atoms with van der Waals surface area (Å²) in [6, 6.07) is 26.2. The van der Waals surface area contributed by atoms with Crippen LogP contribution < -0.4 is 0 Å². The van der Waals surface area contributed by atoms with Gasteiger partial charge in [-0.15, -0.1) is 5.10 Å². The van der Waals surface area contributed by atoms with Crippen LogP contribution in [0.3, 0.4) is 0 Å². The van der Waals surface area contributed by atoms with E-state index >= 15 is 0 Å². The lowest BCUT2D eigenvalue weighted by molar-refractivity contribution is 0.890. The SMILES string of the molecule is Brc1ccc(-c2nc(-c3ccc(Br)cc3)n(-c3ccccc3)n2)cc1. The van der Waals surface area contributed by atoms with Crippen LogP contribution >= 0.6 is 31.9 Å². The Morgan fingerprint density at radius 3 is 1.80 bits per heavy atom. The van der Waals surface area contributed by atoms with Crippen LogP contribution in [0.5, 0.6) is 0 Å². The molecule has 0 spiro atoms. The summed E-state index contributed by atoms with van der Waals surface area (Å²) in [5.41, 5.74) is 2.98. The molecule has 0 atom stereocenters. The minimum absolute atomic E-state index is 0.703. The van der Waals surface area contributed by atoms with E-state index in [1.165, 1.54) is 0 Å². The van der Waals surface area contributed by atoms with Crippen LogP contribution in [0.25, 0.3) is 28.5 Å². The lowest BCUT2D eigenvalue weighted by Gasteiger charge is -2.05. The third kappa shape index (κ3) is 3.43. The Labute approximate surface area is 162 Å². The zero-order valence-corrected chi connectivity index (χ0v) is 16.3. The largest absolute Gasteiger partial charge is 0.213 e. The molecule has 0 fully saturated rings. The molecular formula is C20H13Br2N3. The van der Waals surface area contributed by atoms with Crippen LogP contribution in [-0.4, -0.2) is 14.8 Å². The lowest BCUT2D eigenvalue weighted by atomic mass is 10.2. The minimum Gasteiger partial charge on any atom is -0.213 e.